The van der Waals surface area contributed by atoms with Crippen LogP contribution < -0.4 is 0 Å². The standard InChI is InChI=1S/C19H16N2O2/c1-20-11-16-18(13-7-3-2-4-8-13)14-9-5-6-10-15(14)19(16)17(12-20)21(22)23/h2-10H,11-12H2,1H3. The molecule has 0 spiro atoms. The molecular formula is C19H16N2O2. The Hall–Kier alpha value is -2.72. The van der Waals surface area contributed by atoms with Crippen LogP contribution in [0, 0.1) is 10.1 Å². The average Bonchev–Trinajstić information content (AvgIpc) is 2.88. The molecule has 2 aromatic rings. The zero-order valence-corrected chi connectivity index (χ0v) is 12.8. The number of rotatable bonds is 2. The third kappa shape index (κ3) is 2.11. The fourth-order valence-electron chi connectivity index (χ4n) is 3.60. The smallest absolute Gasteiger partial charge is 0.268 e. The van der Waals surface area contributed by atoms with E-state index in [1.54, 1.807) is 0 Å². The van der Waals surface area contributed by atoms with E-state index in [0.717, 1.165) is 40.0 Å². The Kier molecular flexibility index (Phi) is 3.13. The Bertz CT molecular complexity index is 866. The first kappa shape index (κ1) is 13.9. The highest BCUT2D eigenvalue weighted by Gasteiger charge is 2.37. The quantitative estimate of drug-likeness (QED) is 0.631. The van der Waals surface area contributed by atoms with E-state index in [9.17, 15) is 10.1 Å². The number of nitro groups is 1. The van der Waals surface area contributed by atoms with E-state index >= 15 is 0 Å². The number of nitrogens with zero attached hydrogens (tertiary/aromatic N) is 2. The summed E-state index contributed by atoms with van der Waals surface area (Å²) in [5, 5.41) is 11.6. The Labute approximate surface area is 134 Å². The van der Waals surface area contributed by atoms with Crippen LogP contribution in [-0.2, 0) is 0 Å². The Morgan fingerprint density at radius 2 is 1.52 bits per heavy atom. The zero-order valence-electron chi connectivity index (χ0n) is 12.8. The highest BCUT2D eigenvalue weighted by molar-refractivity contribution is 6.05. The lowest BCUT2D eigenvalue weighted by Crippen LogP contribution is -2.31. The fraction of sp³-hybridized carbons (Fsp3) is 0.158. The summed E-state index contributed by atoms with van der Waals surface area (Å²) < 4.78 is 0. The summed E-state index contributed by atoms with van der Waals surface area (Å²) in [5.41, 5.74) is 6.51. The molecule has 0 unspecified atom stereocenters. The van der Waals surface area contributed by atoms with E-state index in [-0.39, 0.29) is 4.92 Å². The minimum absolute atomic E-state index is 0.226. The average molecular weight is 304 g/mol. The molecule has 23 heavy (non-hydrogen) atoms. The van der Waals surface area contributed by atoms with Gasteiger partial charge in [0.1, 0.15) is 0 Å². The molecule has 0 amide bonds. The highest BCUT2D eigenvalue weighted by Crippen LogP contribution is 2.47. The number of hydrogen-bond donors (Lipinski definition) is 0. The van der Waals surface area contributed by atoms with Gasteiger partial charge in [0.2, 0.25) is 0 Å². The van der Waals surface area contributed by atoms with Gasteiger partial charge in [-0.3, -0.25) is 15.0 Å². The summed E-state index contributed by atoms with van der Waals surface area (Å²) in [6, 6.07) is 18.2. The van der Waals surface area contributed by atoms with E-state index in [4.69, 9.17) is 0 Å². The van der Waals surface area contributed by atoms with Gasteiger partial charge >= 0.3 is 0 Å². The van der Waals surface area contributed by atoms with Gasteiger partial charge in [0.05, 0.1) is 17.0 Å². The predicted octanol–water partition coefficient (Wildman–Crippen LogP) is 3.44. The van der Waals surface area contributed by atoms with Gasteiger partial charge in [0, 0.05) is 6.54 Å². The topological polar surface area (TPSA) is 46.4 Å². The van der Waals surface area contributed by atoms with E-state index in [2.05, 4.69) is 18.2 Å². The number of fused-ring (bicyclic) bond motifs is 3. The normalized spacial score (nSPS) is 17.3. The maximum absolute atomic E-state index is 11.6. The number of benzene rings is 2. The lowest BCUT2D eigenvalue weighted by Gasteiger charge is -2.24. The summed E-state index contributed by atoms with van der Waals surface area (Å²) in [6.07, 6.45) is 0. The van der Waals surface area contributed by atoms with Crippen LogP contribution in [-0.4, -0.2) is 30.0 Å². The molecule has 114 valence electrons. The van der Waals surface area contributed by atoms with Gasteiger partial charge in [-0.25, -0.2) is 0 Å². The molecular weight excluding hydrogens is 288 g/mol. The van der Waals surface area contributed by atoms with Crippen molar-refractivity contribution in [3.8, 4) is 0 Å². The number of likely N-dealkylation sites (N-methyl/N-ethyl adjacent to an activating group) is 1. The zero-order chi connectivity index (χ0) is 16.0. The molecule has 0 radical (unpaired) electrons. The van der Waals surface area contributed by atoms with Crippen molar-refractivity contribution >= 4 is 11.1 Å². The molecule has 2 aliphatic rings. The minimum atomic E-state index is -0.226. The summed E-state index contributed by atoms with van der Waals surface area (Å²) in [5.74, 6) is 0. The largest absolute Gasteiger partial charge is 0.292 e. The van der Waals surface area contributed by atoms with E-state index in [0.29, 0.717) is 12.2 Å². The monoisotopic (exact) mass is 304 g/mol. The van der Waals surface area contributed by atoms with Gasteiger partial charge < -0.3 is 0 Å². The molecule has 4 nitrogen and oxygen atoms in total. The molecule has 2 aromatic carbocycles. The summed E-state index contributed by atoms with van der Waals surface area (Å²) in [7, 11) is 1.93. The maximum atomic E-state index is 11.6. The Balaban J connectivity index is 2.07. The SMILES string of the molecule is CN1CC2=C(c3ccccc3)c3ccccc3C2=C([N+](=O)[O-])C1. The minimum Gasteiger partial charge on any atom is -0.292 e. The third-order valence-electron chi connectivity index (χ3n) is 4.49. The molecule has 0 aromatic heterocycles. The van der Waals surface area contributed by atoms with Crippen LogP contribution >= 0.6 is 0 Å². The van der Waals surface area contributed by atoms with Gasteiger partial charge in [-0.1, -0.05) is 54.6 Å². The predicted molar refractivity (Wildman–Crippen MR) is 90.3 cm³/mol. The molecule has 1 aliphatic carbocycles. The van der Waals surface area contributed by atoms with Crippen molar-refractivity contribution in [2.75, 3.05) is 20.1 Å². The van der Waals surface area contributed by atoms with Crippen LogP contribution in [0.15, 0.2) is 65.9 Å². The molecule has 4 heteroatoms. The Morgan fingerprint density at radius 1 is 0.913 bits per heavy atom. The molecule has 1 heterocycles. The molecule has 0 saturated carbocycles. The first-order chi connectivity index (χ1) is 11.2. The van der Waals surface area contributed by atoms with Crippen LogP contribution in [0.25, 0.3) is 11.1 Å². The van der Waals surface area contributed by atoms with Gasteiger partial charge in [-0.05, 0) is 34.9 Å². The summed E-state index contributed by atoms with van der Waals surface area (Å²) in [4.78, 5) is 13.4. The van der Waals surface area contributed by atoms with Crippen molar-refractivity contribution in [1.82, 2.24) is 4.90 Å². The van der Waals surface area contributed by atoms with Crippen molar-refractivity contribution < 1.29 is 4.92 Å². The van der Waals surface area contributed by atoms with Crippen LogP contribution in [0.3, 0.4) is 0 Å². The van der Waals surface area contributed by atoms with Crippen molar-refractivity contribution in [3.63, 3.8) is 0 Å². The van der Waals surface area contributed by atoms with Crippen molar-refractivity contribution in [2.45, 2.75) is 0 Å². The van der Waals surface area contributed by atoms with Crippen molar-refractivity contribution in [1.29, 1.82) is 0 Å². The molecule has 4 rings (SSSR count). The fourth-order valence-corrected chi connectivity index (χ4v) is 3.60. The van der Waals surface area contributed by atoms with Gasteiger partial charge in [0.15, 0.2) is 0 Å². The van der Waals surface area contributed by atoms with E-state index < -0.39 is 0 Å². The molecule has 1 aliphatic heterocycles. The second-order valence-corrected chi connectivity index (χ2v) is 6.02. The number of hydrogen-bond acceptors (Lipinski definition) is 3. The molecule has 0 saturated heterocycles. The third-order valence-corrected chi connectivity index (χ3v) is 4.49. The van der Waals surface area contributed by atoms with Crippen LogP contribution in [0.2, 0.25) is 0 Å². The van der Waals surface area contributed by atoms with E-state index in [1.165, 1.54) is 0 Å². The second kappa shape index (κ2) is 5.18. The van der Waals surface area contributed by atoms with Gasteiger partial charge in [-0.2, -0.15) is 0 Å². The van der Waals surface area contributed by atoms with Gasteiger partial charge in [0.25, 0.3) is 5.70 Å². The molecule has 0 N–H and O–H groups in total. The highest BCUT2D eigenvalue weighted by atomic mass is 16.6. The van der Waals surface area contributed by atoms with Crippen molar-refractivity contribution in [2.24, 2.45) is 0 Å². The lowest BCUT2D eigenvalue weighted by molar-refractivity contribution is -0.427. The van der Waals surface area contributed by atoms with Gasteiger partial charge in [-0.15, -0.1) is 0 Å². The van der Waals surface area contributed by atoms with Crippen molar-refractivity contribution in [3.05, 3.63) is 92.7 Å². The molecule has 0 atom stereocenters. The molecule has 0 bridgehead atoms. The van der Waals surface area contributed by atoms with E-state index in [1.807, 2.05) is 48.3 Å². The maximum Gasteiger partial charge on any atom is 0.268 e. The van der Waals surface area contributed by atoms with Crippen LogP contribution in [0.1, 0.15) is 16.7 Å². The van der Waals surface area contributed by atoms with Crippen LogP contribution in [0.4, 0.5) is 0 Å². The lowest BCUT2D eigenvalue weighted by atomic mass is 9.95. The summed E-state index contributed by atoms with van der Waals surface area (Å²) >= 11 is 0. The first-order valence-corrected chi connectivity index (χ1v) is 7.61. The summed E-state index contributed by atoms with van der Waals surface area (Å²) in [6.45, 7) is 1.10. The second-order valence-electron chi connectivity index (χ2n) is 6.02. The molecule has 0 fully saturated rings. The van der Waals surface area contributed by atoms with Crippen LogP contribution in [0.5, 0.6) is 0 Å². The Morgan fingerprint density at radius 3 is 2.17 bits per heavy atom. The first-order valence-electron chi connectivity index (χ1n) is 7.61.